The summed E-state index contributed by atoms with van der Waals surface area (Å²) >= 11 is 0. The number of Topliss-reactive ketones (excluding diaryl/α,β-unsaturated/α-hetero) is 1. The Balaban J connectivity index is 0.00000192. The van der Waals surface area contributed by atoms with Crippen molar-refractivity contribution in [3.05, 3.63) is 65.2 Å². The molecule has 148 valence electrons. The number of halogens is 1. The summed E-state index contributed by atoms with van der Waals surface area (Å²) in [7, 11) is 0. The second kappa shape index (κ2) is 7.53. The minimum atomic E-state index is 0. The minimum absolute atomic E-state index is 0. The van der Waals surface area contributed by atoms with Gasteiger partial charge in [-0.2, -0.15) is 0 Å². The van der Waals surface area contributed by atoms with Crippen molar-refractivity contribution in [1.29, 1.82) is 0 Å². The molecule has 3 atom stereocenters. The fraction of sp³-hybridized carbons (Fsp3) is 0.458. The summed E-state index contributed by atoms with van der Waals surface area (Å²) in [6.45, 7) is 1.50. The number of phenolic OH excluding ortho intramolecular Hbond substituents is 1. The Morgan fingerprint density at radius 2 is 1.93 bits per heavy atom. The van der Waals surface area contributed by atoms with Gasteiger partial charge in [-0.15, -0.1) is 12.4 Å². The molecular weight excluding hydrogens is 370 g/mol. The van der Waals surface area contributed by atoms with E-state index in [9.17, 15) is 9.90 Å². The molecule has 0 aromatic heterocycles. The Hall–Kier alpha value is -1.84. The van der Waals surface area contributed by atoms with Crippen LogP contribution in [-0.4, -0.2) is 34.9 Å². The number of fused-ring (bicyclic) bond motifs is 1. The van der Waals surface area contributed by atoms with Gasteiger partial charge >= 0.3 is 0 Å². The average molecular weight is 398 g/mol. The molecule has 0 radical (unpaired) electrons. The molecule has 2 fully saturated rings. The van der Waals surface area contributed by atoms with Gasteiger partial charge in [-0.1, -0.05) is 49.2 Å². The Labute approximate surface area is 173 Å². The molecular formula is C24H28ClNO2. The second-order valence-corrected chi connectivity index (χ2v) is 8.63. The van der Waals surface area contributed by atoms with E-state index in [-0.39, 0.29) is 23.6 Å². The molecule has 1 heterocycles. The van der Waals surface area contributed by atoms with E-state index in [4.69, 9.17) is 0 Å². The van der Waals surface area contributed by atoms with E-state index in [1.54, 1.807) is 0 Å². The van der Waals surface area contributed by atoms with Crippen LogP contribution in [0.1, 0.15) is 53.6 Å². The first-order valence-corrected chi connectivity index (χ1v) is 10.3. The largest absolute Gasteiger partial charge is 0.508 e. The number of aromatic hydroxyl groups is 1. The van der Waals surface area contributed by atoms with Gasteiger partial charge < -0.3 is 5.11 Å². The van der Waals surface area contributed by atoms with Crippen LogP contribution in [0.4, 0.5) is 0 Å². The number of carbonyl (C=O) groups is 1. The molecule has 1 saturated carbocycles. The smallest absolute Gasteiger partial charge is 0.176 e. The monoisotopic (exact) mass is 397 g/mol. The second-order valence-electron chi connectivity index (χ2n) is 8.63. The lowest BCUT2D eigenvalue weighted by atomic mass is 9.52. The third-order valence-corrected chi connectivity index (χ3v) is 7.38. The summed E-state index contributed by atoms with van der Waals surface area (Å²) in [5, 5.41) is 10.1. The number of likely N-dealkylation sites (tertiary alicyclic amines) is 1. The third kappa shape index (κ3) is 3.05. The molecule has 0 unspecified atom stereocenters. The predicted octanol–water partition coefficient (Wildman–Crippen LogP) is 4.76. The first-order chi connectivity index (χ1) is 13.2. The molecule has 2 aromatic rings. The quantitative estimate of drug-likeness (QED) is 0.759. The lowest BCUT2D eigenvalue weighted by Crippen LogP contribution is -2.61. The molecule has 2 bridgehead atoms. The van der Waals surface area contributed by atoms with Crippen LogP contribution in [0.2, 0.25) is 0 Å². The minimum Gasteiger partial charge on any atom is -0.508 e. The van der Waals surface area contributed by atoms with E-state index in [0.717, 1.165) is 24.9 Å². The number of hydrogen-bond donors (Lipinski definition) is 1. The highest BCUT2D eigenvalue weighted by Gasteiger charge is 2.53. The van der Waals surface area contributed by atoms with Gasteiger partial charge in [0.1, 0.15) is 5.75 Å². The molecule has 3 nitrogen and oxygen atoms in total. The van der Waals surface area contributed by atoms with Gasteiger partial charge in [0.15, 0.2) is 5.78 Å². The highest BCUT2D eigenvalue weighted by Crippen LogP contribution is 2.56. The summed E-state index contributed by atoms with van der Waals surface area (Å²) in [6.07, 6.45) is 7.15. The fourth-order valence-electron chi connectivity index (χ4n) is 6.17. The van der Waals surface area contributed by atoms with Crippen molar-refractivity contribution < 1.29 is 9.90 Å². The van der Waals surface area contributed by atoms with Crippen molar-refractivity contribution >= 4 is 18.2 Å². The summed E-state index contributed by atoms with van der Waals surface area (Å²) in [5.74, 6) is 1.24. The molecule has 1 N–H and O–H groups in total. The molecule has 1 aliphatic heterocycles. The van der Waals surface area contributed by atoms with Crippen molar-refractivity contribution in [2.24, 2.45) is 5.92 Å². The number of carbonyl (C=O) groups excluding carboxylic acids is 1. The summed E-state index contributed by atoms with van der Waals surface area (Å²) in [5.41, 5.74) is 3.81. The highest BCUT2D eigenvalue weighted by molar-refractivity contribution is 5.97. The third-order valence-electron chi connectivity index (χ3n) is 7.38. The fourth-order valence-corrected chi connectivity index (χ4v) is 6.17. The number of phenols is 1. The molecule has 5 rings (SSSR count). The van der Waals surface area contributed by atoms with Crippen molar-refractivity contribution in [1.82, 2.24) is 4.90 Å². The summed E-state index contributed by atoms with van der Waals surface area (Å²) in [6, 6.07) is 16.1. The lowest BCUT2D eigenvalue weighted by Gasteiger charge is -2.59. The Morgan fingerprint density at radius 3 is 2.75 bits per heavy atom. The molecule has 2 aromatic carbocycles. The van der Waals surface area contributed by atoms with E-state index in [2.05, 4.69) is 11.0 Å². The Morgan fingerprint density at radius 1 is 1.11 bits per heavy atom. The van der Waals surface area contributed by atoms with Crippen molar-refractivity contribution in [3.8, 4) is 5.75 Å². The van der Waals surface area contributed by atoms with E-state index in [1.807, 2.05) is 42.5 Å². The van der Waals surface area contributed by atoms with E-state index in [1.165, 1.54) is 36.8 Å². The Bertz CT molecular complexity index is 868. The topological polar surface area (TPSA) is 40.5 Å². The molecule has 4 heteroatoms. The Kier molecular flexibility index (Phi) is 5.24. The maximum absolute atomic E-state index is 12.8. The van der Waals surface area contributed by atoms with Crippen LogP contribution in [0.25, 0.3) is 0 Å². The van der Waals surface area contributed by atoms with Crippen molar-refractivity contribution in [2.75, 3.05) is 13.1 Å². The summed E-state index contributed by atoms with van der Waals surface area (Å²) in [4.78, 5) is 15.3. The van der Waals surface area contributed by atoms with Gasteiger partial charge in [-0.3, -0.25) is 9.69 Å². The van der Waals surface area contributed by atoms with Crippen LogP contribution >= 0.6 is 12.4 Å². The molecule has 28 heavy (non-hydrogen) atoms. The van der Waals surface area contributed by atoms with Gasteiger partial charge in [-0.05, 0) is 61.4 Å². The van der Waals surface area contributed by atoms with E-state index < -0.39 is 0 Å². The number of nitrogens with zero attached hydrogens (tertiary/aromatic N) is 1. The first-order valence-electron chi connectivity index (χ1n) is 10.3. The van der Waals surface area contributed by atoms with Crippen LogP contribution in [-0.2, 0) is 11.8 Å². The predicted molar refractivity (Wildman–Crippen MR) is 113 cm³/mol. The number of piperidine rings is 1. The number of hydrogen-bond acceptors (Lipinski definition) is 3. The SMILES string of the molecule is Cl.O=C(CN1CC[C@]23CCCC[C@H]2[C@@H]1Cc1ccc(O)cc13)c1ccccc1. The normalized spacial score (nSPS) is 28.6. The van der Waals surface area contributed by atoms with Crippen LogP contribution in [0.15, 0.2) is 48.5 Å². The zero-order valence-corrected chi connectivity index (χ0v) is 17.0. The number of rotatable bonds is 3. The molecule has 3 aliphatic rings. The van der Waals surface area contributed by atoms with Crippen LogP contribution in [0.5, 0.6) is 5.75 Å². The average Bonchev–Trinajstić information content (AvgIpc) is 2.71. The van der Waals surface area contributed by atoms with Crippen LogP contribution < -0.4 is 0 Å². The van der Waals surface area contributed by atoms with E-state index in [0.29, 0.717) is 24.3 Å². The van der Waals surface area contributed by atoms with Crippen molar-refractivity contribution in [2.45, 2.75) is 50.0 Å². The zero-order chi connectivity index (χ0) is 18.4. The maximum Gasteiger partial charge on any atom is 0.176 e. The number of benzene rings is 2. The maximum atomic E-state index is 12.8. The molecule has 0 spiro atoms. The molecule has 0 amide bonds. The van der Waals surface area contributed by atoms with Crippen LogP contribution in [0, 0.1) is 5.92 Å². The van der Waals surface area contributed by atoms with Gasteiger partial charge in [0, 0.05) is 17.0 Å². The van der Waals surface area contributed by atoms with Crippen LogP contribution in [0.3, 0.4) is 0 Å². The first kappa shape index (κ1) is 19.5. The summed E-state index contributed by atoms with van der Waals surface area (Å²) < 4.78 is 0. The lowest BCUT2D eigenvalue weighted by molar-refractivity contribution is -0.00848. The van der Waals surface area contributed by atoms with Gasteiger partial charge in [-0.25, -0.2) is 0 Å². The standard InChI is InChI=1S/C24H27NO2.ClH/c26-19-10-9-18-14-22-20-8-4-5-11-24(20,21(18)15-19)12-13-25(22)16-23(27)17-6-2-1-3-7-17;/h1-3,6-7,9-10,15,20,22,26H,4-5,8,11-14,16H2;1H/t20-,22-,24+;/m0./s1. The van der Waals surface area contributed by atoms with E-state index >= 15 is 0 Å². The highest BCUT2D eigenvalue weighted by atomic mass is 35.5. The van der Waals surface area contributed by atoms with Crippen molar-refractivity contribution in [3.63, 3.8) is 0 Å². The number of ketones is 1. The molecule has 1 saturated heterocycles. The zero-order valence-electron chi connectivity index (χ0n) is 16.1. The van der Waals surface area contributed by atoms with Gasteiger partial charge in [0.25, 0.3) is 0 Å². The van der Waals surface area contributed by atoms with Gasteiger partial charge in [0.2, 0.25) is 0 Å². The van der Waals surface area contributed by atoms with Gasteiger partial charge in [0.05, 0.1) is 6.54 Å². The molecule has 2 aliphatic carbocycles.